The molecule has 0 fully saturated rings. The number of hydrogen-bond donors (Lipinski definition) is 1. The van der Waals surface area contributed by atoms with Gasteiger partial charge < -0.3 is 0 Å². The molecule has 0 spiro atoms. The monoisotopic (exact) mass is 293 g/mol. The highest BCUT2D eigenvalue weighted by Crippen LogP contribution is 2.10. The average molecular weight is 293 g/mol. The summed E-state index contributed by atoms with van der Waals surface area (Å²) in [4.78, 5) is 4.24. The van der Waals surface area contributed by atoms with Gasteiger partial charge in [0.25, 0.3) is 0 Å². The number of nitrogens with zero attached hydrogens (tertiary/aromatic N) is 2. The maximum Gasteiger partial charge on any atom is 0.240 e. The molecule has 2 rings (SSSR count). The zero-order valence-corrected chi connectivity index (χ0v) is 11.5. The first-order chi connectivity index (χ1) is 9.12. The molecule has 19 heavy (non-hydrogen) atoms. The van der Waals surface area contributed by atoms with Crippen molar-refractivity contribution in [2.75, 3.05) is 6.54 Å². The fraction of sp³-hybridized carbons (Fsp3) is 0.167. The second-order valence-electron chi connectivity index (χ2n) is 3.71. The Balaban J connectivity index is 1.99. The van der Waals surface area contributed by atoms with Crippen molar-refractivity contribution in [3.8, 4) is 6.07 Å². The molecule has 1 heterocycles. The van der Waals surface area contributed by atoms with Gasteiger partial charge >= 0.3 is 0 Å². The van der Waals surface area contributed by atoms with Gasteiger partial charge in [0.1, 0.15) is 0 Å². The maximum absolute atomic E-state index is 11.9. The van der Waals surface area contributed by atoms with Gasteiger partial charge in [-0.1, -0.05) is 0 Å². The second kappa shape index (κ2) is 5.93. The third-order valence-electron chi connectivity index (χ3n) is 2.41. The van der Waals surface area contributed by atoms with E-state index in [0.717, 1.165) is 5.01 Å². The van der Waals surface area contributed by atoms with E-state index in [4.69, 9.17) is 5.26 Å². The number of nitriles is 1. The van der Waals surface area contributed by atoms with E-state index in [0.29, 0.717) is 18.5 Å². The third-order valence-corrected chi connectivity index (χ3v) is 4.72. The van der Waals surface area contributed by atoms with E-state index >= 15 is 0 Å². The van der Waals surface area contributed by atoms with Crippen LogP contribution in [0.5, 0.6) is 0 Å². The Morgan fingerprint density at radius 3 is 2.63 bits per heavy atom. The average Bonchev–Trinajstić information content (AvgIpc) is 2.92. The SMILES string of the molecule is N#Cc1ccc(S(=O)(=O)NCCc2nccs2)cc1. The van der Waals surface area contributed by atoms with Crippen LogP contribution in [0, 0.1) is 11.3 Å². The number of hydrogen-bond acceptors (Lipinski definition) is 5. The van der Waals surface area contributed by atoms with Gasteiger partial charge in [0.05, 0.1) is 21.5 Å². The summed E-state index contributed by atoms with van der Waals surface area (Å²) < 4.78 is 26.4. The van der Waals surface area contributed by atoms with Crippen LogP contribution in [-0.2, 0) is 16.4 Å². The summed E-state index contributed by atoms with van der Waals surface area (Å²) in [6.45, 7) is 0.301. The molecule has 0 aliphatic rings. The van der Waals surface area contributed by atoms with Crippen LogP contribution in [0.3, 0.4) is 0 Å². The van der Waals surface area contributed by atoms with Gasteiger partial charge in [-0.05, 0) is 24.3 Å². The second-order valence-corrected chi connectivity index (χ2v) is 6.46. The molecule has 0 saturated heterocycles. The molecule has 1 aromatic carbocycles. The number of nitrogens with one attached hydrogen (secondary N) is 1. The molecule has 1 N–H and O–H groups in total. The smallest absolute Gasteiger partial charge is 0.240 e. The van der Waals surface area contributed by atoms with Gasteiger partial charge in [-0.3, -0.25) is 0 Å². The number of benzene rings is 1. The normalized spacial score (nSPS) is 11.1. The highest BCUT2D eigenvalue weighted by Gasteiger charge is 2.13. The van der Waals surface area contributed by atoms with Crippen molar-refractivity contribution in [1.29, 1.82) is 5.26 Å². The van der Waals surface area contributed by atoms with Crippen LogP contribution in [0.25, 0.3) is 0 Å². The molecule has 0 amide bonds. The van der Waals surface area contributed by atoms with Gasteiger partial charge in [0.2, 0.25) is 10.0 Å². The Labute approximate surface area is 115 Å². The first-order valence-electron chi connectivity index (χ1n) is 5.50. The number of aromatic nitrogens is 1. The van der Waals surface area contributed by atoms with Crippen molar-refractivity contribution >= 4 is 21.4 Å². The fourth-order valence-electron chi connectivity index (χ4n) is 1.46. The lowest BCUT2D eigenvalue weighted by Gasteiger charge is -2.05. The van der Waals surface area contributed by atoms with E-state index < -0.39 is 10.0 Å². The molecule has 0 saturated carbocycles. The highest BCUT2D eigenvalue weighted by atomic mass is 32.2. The van der Waals surface area contributed by atoms with Gasteiger partial charge in [-0.15, -0.1) is 11.3 Å². The minimum atomic E-state index is -3.52. The van der Waals surface area contributed by atoms with Crippen molar-refractivity contribution < 1.29 is 8.42 Å². The van der Waals surface area contributed by atoms with Crippen molar-refractivity contribution in [3.63, 3.8) is 0 Å². The number of sulfonamides is 1. The van der Waals surface area contributed by atoms with E-state index in [9.17, 15) is 8.42 Å². The zero-order valence-electron chi connectivity index (χ0n) is 9.91. The van der Waals surface area contributed by atoms with Gasteiger partial charge in [0, 0.05) is 24.5 Å². The summed E-state index contributed by atoms with van der Waals surface area (Å²) in [6, 6.07) is 7.75. The van der Waals surface area contributed by atoms with Crippen LogP contribution in [0.4, 0.5) is 0 Å². The predicted molar refractivity (Wildman–Crippen MR) is 72.2 cm³/mol. The summed E-state index contributed by atoms with van der Waals surface area (Å²) >= 11 is 1.49. The molecule has 0 radical (unpaired) electrons. The zero-order chi connectivity index (χ0) is 13.7. The van der Waals surface area contributed by atoms with Crippen LogP contribution >= 0.6 is 11.3 Å². The van der Waals surface area contributed by atoms with Crippen molar-refractivity contribution in [2.45, 2.75) is 11.3 Å². The van der Waals surface area contributed by atoms with Crippen LogP contribution in [0.15, 0.2) is 40.7 Å². The van der Waals surface area contributed by atoms with E-state index in [2.05, 4.69) is 9.71 Å². The fourth-order valence-corrected chi connectivity index (χ4v) is 3.11. The highest BCUT2D eigenvalue weighted by molar-refractivity contribution is 7.89. The number of rotatable bonds is 5. The largest absolute Gasteiger partial charge is 0.250 e. The molecular formula is C12H11N3O2S2. The molecule has 0 bridgehead atoms. The molecule has 1 aromatic heterocycles. The van der Waals surface area contributed by atoms with Gasteiger partial charge in [0.15, 0.2) is 0 Å². The minimum Gasteiger partial charge on any atom is -0.250 e. The summed E-state index contributed by atoms with van der Waals surface area (Å²) in [5, 5.41) is 11.4. The lowest BCUT2D eigenvalue weighted by Crippen LogP contribution is -2.25. The van der Waals surface area contributed by atoms with Crippen molar-refractivity contribution in [3.05, 3.63) is 46.4 Å². The minimum absolute atomic E-state index is 0.158. The Kier molecular flexibility index (Phi) is 4.27. The summed E-state index contributed by atoms with van der Waals surface area (Å²) in [5.41, 5.74) is 0.432. The lowest BCUT2D eigenvalue weighted by molar-refractivity contribution is 0.581. The summed E-state index contributed by atoms with van der Waals surface area (Å²) in [6.07, 6.45) is 2.25. The van der Waals surface area contributed by atoms with Crippen LogP contribution < -0.4 is 4.72 Å². The molecule has 0 atom stereocenters. The first-order valence-corrected chi connectivity index (χ1v) is 7.86. The molecule has 2 aromatic rings. The Hall–Kier alpha value is -1.75. The molecule has 0 aliphatic carbocycles. The van der Waals surface area contributed by atoms with Crippen molar-refractivity contribution in [2.24, 2.45) is 0 Å². The van der Waals surface area contributed by atoms with Gasteiger partial charge in [-0.2, -0.15) is 5.26 Å². The molecular weight excluding hydrogens is 282 g/mol. The summed E-state index contributed by atoms with van der Waals surface area (Å²) in [7, 11) is -3.52. The molecule has 5 nitrogen and oxygen atoms in total. The van der Waals surface area contributed by atoms with Crippen molar-refractivity contribution in [1.82, 2.24) is 9.71 Å². The molecule has 0 unspecified atom stereocenters. The maximum atomic E-state index is 11.9. The quantitative estimate of drug-likeness (QED) is 0.906. The summed E-state index contributed by atoms with van der Waals surface area (Å²) in [5.74, 6) is 0. The lowest BCUT2D eigenvalue weighted by atomic mass is 10.2. The predicted octanol–water partition coefficient (Wildman–Crippen LogP) is 1.54. The Bertz CT molecular complexity index is 671. The molecule has 98 valence electrons. The Morgan fingerprint density at radius 1 is 1.32 bits per heavy atom. The van der Waals surface area contributed by atoms with E-state index in [1.165, 1.54) is 35.6 Å². The third kappa shape index (κ3) is 3.61. The van der Waals surface area contributed by atoms with Crippen LogP contribution in [0.1, 0.15) is 10.6 Å². The Morgan fingerprint density at radius 2 is 2.05 bits per heavy atom. The van der Waals surface area contributed by atoms with Crippen LogP contribution in [0.2, 0.25) is 0 Å². The van der Waals surface area contributed by atoms with Gasteiger partial charge in [-0.25, -0.2) is 18.1 Å². The number of thiazole rings is 1. The van der Waals surface area contributed by atoms with E-state index in [1.54, 1.807) is 6.20 Å². The molecule has 0 aliphatic heterocycles. The topological polar surface area (TPSA) is 82.8 Å². The van der Waals surface area contributed by atoms with E-state index in [1.807, 2.05) is 11.4 Å². The molecule has 7 heteroatoms. The van der Waals surface area contributed by atoms with Crippen LogP contribution in [-0.4, -0.2) is 19.9 Å². The standard InChI is InChI=1S/C12H11N3O2S2/c13-9-10-1-3-11(4-2-10)19(16,17)15-6-5-12-14-7-8-18-12/h1-4,7-8,15H,5-6H2. The first kappa shape index (κ1) is 13.7. The van der Waals surface area contributed by atoms with E-state index in [-0.39, 0.29) is 4.90 Å².